The summed E-state index contributed by atoms with van der Waals surface area (Å²) in [4.78, 5) is 2.29. The van der Waals surface area contributed by atoms with E-state index in [0.29, 0.717) is 0 Å². The number of unbranched alkanes of at least 4 members (excludes halogenated alkanes) is 9. The van der Waals surface area contributed by atoms with Crippen molar-refractivity contribution in [3.63, 3.8) is 0 Å². The first-order valence-corrected chi connectivity index (χ1v) is 8.48. The molecule has 0 unspecified atom stereocenters. The largest absolute Gasteiger partial charge is 0.355 e. The average Bonchev–Trinajstić information content (AvgIpc) is 2.46. The second-order valence-corrected chi connectivity index (χ2v) is 5.85. The summed E-state index contributed by atoms with van der Waals surface area (Å²) in [7, 11) is 5.53. The van der Waals surface area contributed by atoms with Crippen molar-refractivity contribution in [2.45, 2.75) is 77.4 Å². The molecule has 0 aliphatic rings. The van der Waals surface area contributed by atoms with Crippen LogP contribution >= 0.6 is 0 Å². The van der Waals surface area contributed by atoms with Gasteiger partial charge in [0.25, 0.3) is 0 Å². The summed E-state index contributed by atoms with van der Waals surface area (Å²) in [6.45, 7) is 4.27. The fourth-order valence-electron chi connectivity index (χ4n) is 2.46. The van der Waals surface area contributed by atoms with Gasteiger partial charge in [0.05, 0.1) is 0 Å². The number of hydrogen-bond acceptors (Lipinski definition) is 3. The zero-order valence-electron chi connectivity index (χ0n) is 14.3. The number of hydrogen-bond donors (Lipinski definition) is 0. The zero-order valence-corrected chi connectivity index (χ0v) is 14.3. The molecule has 0 aromatic heterocycles. The molecule has 3 nitrogen and oxygen atoms in total. The fraction of sp³-hybridized carbons (Fsp3) is 1.00. The van der Waals surface area contributed by atoms with Gasteiger partial charge in [-0.3, -0.25) is 0 Å². The maximum atomic E-state index is 5.21. The molecule has 0 rings (SSSR count). The molecule has 0 N–H and O–H groups in total. The lowest BCUT2D eigenvalue weighted by Gasteiger charge is -2.21. The number of ether oxygens (including phenoxy) is 2. The molecule has 0 aromatic carbocycles. The van der Waals surface area contributed by atoms with Crippen LogP contribution in [0.2, 0.25) is 0 Å². The summed E-state index contributed by atoms with van der Waals surface area (Å²) in [6, 6.07) is 0. The Bertz CT molecular complexity index is 184. The fourth-order valence-corrected chi connectivity index (χ4v) is 2.46. The summed E-state index contributed by atoms with van der Waals surface area (Å²) in [5, 5.41) is 0. The van der Waals surface area contributed by atoms with Crippen LogP contribution in [0.3, 0.4) is 0 Å². The molecule has 0 fully saturated rings. The topological polar surface area (TPSA) is 21.7 Å². The molecular formula is C17H37NO2. The Morgan fingerprint density at radius 1 is 0.750 bits per heavy atom. The minimum atomic E-state index is -0.0943. The van der Waals surface area contributed by atoms with Crippen LogP contribution < -0.4 is 0 Å². The Hall–Kier alpha value is -0.120. The molecule has 0 heterocycles. The van der Waals surface area contributed by atoms with E-state index in [1.54, 1.807) is 14.2 Å². The van der Waals surface area contributed by atoms with E-state index in [1.165, 1.54) is 64.2 Å². The highest BCUT2D eigenvalue weighted by Gasteiger charge is 2.08. The predicted molar refractivity (Wildman–Crippen MR) is 87.1 cm³/mol. The quantitative estimate of drug-likeness (QED) is 0.328. The van der Waals surface area contributed by atoms with Gasteiger partial charge < -0.3 is 14.4 Å². The van der Waals surface area contributed by atoms with E-state index in [9.17, 15) is 0 Å². The van der Waals surface area contributed by atoms with Crippen LogP contribution in [0, 0.1) is 0 Å². The number of rotatable bonds is 15. The van der Waals surface area contributed by atoms with Crippen molar-refractivity contribution in [1.29, 1.82) is 0 Å². The molecule has 0 bridgehead atoms. The Morgan fingerprint density at radius 3 is 1.65 bits per heavy atom. The van der Waals surface area contributed by atoms with Crippen molar-refractivity contribution in [3.8, 4) is 0 Å². The standard InChI is InChI=1S/C17H37NO2/c1-5-6-7-8-9-10-11-12-13-14-15-18(2)16-17(19-3)20-4/h17H,5-16H2,1-4H3. The van der Waals surface area contributed by atoms with E-state index in [0.717, 1.165) is 13.1 Å². The highest BCUT2D eigenvalue weighted by Crippen LogP contribution is 2.10. The molecule has 0 aliphatic heterocycles. The Balaban J connectivity index is 3.22. The first-order chi connectivity index (χ1) is 9.74. The lowest BCUT2D eigenvalue weighted by atomic mass is 10.1. The molecule has 0 spiro atoms. The molecular weight excluding hydrogens is 250 g/mol. The lowest BCUT2D eigenvalue weighted by molar-refractivity contribution is -0.113. The molecule has 20 heavy (non-hydrogen) atoms. The van der Waals surface area contributed by atoms with Gasteiger partial charge in [-0.2, -0.15) is 0 Å². The smallest absolute Gasteiger partial charge is 0.169 e. The SMILES string of the molecule is CCCCCCCCCCCCN(C)CC(OC)OC. The van der Waals surface area contributed by atoms with E-state index in [-0.39, 0.29) is 6.29 Å². The van der Waals surface area contributed by atoms with Crippen molar-refractivity contribution in [2.24, 2.45) is 0 Å². The van der Waals surface area contributed by atoms with Crippen LogP contribution in [0.5, 0.6) is 0 Å². The third-order valence-electron chi connectivity index (χ3n) is 3.88. The van der Waals surface area contributed by atoms with Crippen molar-refractivity contribution in [1.82, 2.24) is 4.90 Å². The third-order valence-corrected chi connectivity index (χ3v) is 3.88. The van der Waals surface area contributed by atoms with Crippen molar-refractivity contribution >= 4 is 0 Å². The molecule has 3 heteroatoms. The minimum Gasteiger partial charge on any atom is -0.355 e. The van der Waals surface area contributed by atoms with Crippen LogP contribution in [0.15, 0.2) is 0 Å². The van der Waals surface area contributed by atoms with Gasteiger partial charge in [0.15, 0.2) is 6.29 Å². The molecule has 122 valence electrons. The van der Waals surface area contributed by atoms with E-state index in [1.807, 2.05) is 0 Å². The number of likely N-dealkylation sites (N-methyl/N-ethyl adjacent to an activating group) is 1. The highest BCUT2D eigenvalue weighted by atomic mass is 16.7. The maximum absolute atomic E-state index is 5.21. The summed E-state index contributed by atoms with van der Waals surface area (Å²) in [5.41, 5.74) is 0. The summed E-state index contributed by atoms with van der Waals surface area (Å²) in [5.74, 6) is 0. The van der Waals surface area contributed by atoms with Crippen LogP contribution in [0.1, 0.15) is 71.1 Å². The monoisotopic (exact) mass is 287 g/mol. The van der Waals surface area contributed by atoms with Gasteiger partial charge in [-0.25, -0.2) is 0 Å². The highest BCUT2D eigenvalue weighted by molar-refractivity contribution is 4.55. The minimum absolute atomic E-state index is 0.0943. The van der Waals surface area contributed by atoms with Crippen LogP contribution in [-0.2, 0) is 9.47 Å². The molecule has 0 aliphatic carbocycles. The van der Waals surface area contributed by atoms with Crippen molar-refractivity contribution in [2.75, 3.05) is 34.4 Å². The molecule has 0 saturated carbocycles. The molecule has 0 aromatic rings. The van der Waals surface area contributed by atoms with Crippen LogP contribution in [0.25, 0.3) is 0 Å². The Morgan fingerprint density at radius 2 is 1.20 bits per heavy atom. The summed E-state index contributed by atoms with van der Waals surface area (Å²) < 4.78 is 10.4. The van der Waals surface area contributed by atoms with Gasteiger partial charge >= 0.3 is 0 Å². The molecule has 0 atom stereocenters. The maximum Gasteiger partial charge on any atom is 0.169 e. The normalized spacial score (nSPS) is 11.7. The molecule has 0 radical (unpaired) electrons. The molecule has 0 saturated heterocycles. The zero-order chi connectivity index (χ0) is 15.1. The van der Waals surface area contributed by atoms with E-state index in [2.05, 4.69) is 18.9 Å². The van der Waals surface area contributed by atoms with E-state index in [4.69, 9.17) is 9.47 Å². The van der Waals surface area contributed by atoms with Crippen LogP contribution in [0.4, 0.5) is 0 Å². The first-order valence-electron chi connectivity index (χ1n) is 8.48. The Kier molecular flexibility index (Phi) is 15.2. The molecule has 0 amide bonds. The van der Waals surface area contributed by atoms with Crippen LogP contribution in [-0.4, -0.2) is 45.5 Å². The van der Waals surface area contributed by atoms with Crippen molar-refractivity contribution < 1.29 is 9.47 Å². The van der Waals surface area contributed by atoms with Gasteiger partial charge in [0.1, 0.15) is 0 Å². The average molecular weight is 287 g/mol. The number of nitrogens with zero attached hydrogens (tertiary/aromatic N) is 1. The van der Waals surface area contributed by atoms with Gasteiger partial charge in [-0.15, -0.1) is 0 Å². The van der Waals surface area contributed by atoms with Crippen molar-refractivity contribution in [3.05, 3.63) is 0 Å². The number of methoxy groups -OCH3 is 2. The predicted octanol–water partition coefficient (Wildman–Crippen LogP) is 4.46. The second-order valence-electron chi connectivity index (χ2n) is 5.85. The first kappa shape index (κ1) is 19.9. The summed E-state index contributed by atoms with van der Waals surface area (Å²) in [6.07, 6.45) is 13.8. The van der Waals surface area contributed by atoms with Gasteiger partial charge in [0.2, 0.25) is 0 Å². The third kappa shape index (κ3) is 12.9. The van der Waals surface area contributed by atoms with E-state index >= 15 is 0 Å². The second kappa shape index (κ2) is 15.3. The van der Waals surface area contributed by atoms with Gasteiger partial charge in [0, 0.05) is 20.8 Å². The van der Waals surface area contributed by atoms with Gasteiger partial charge in [-0.1, -0.05) is 64.7 Å². The van der Waals surface area contributed by atoms with Gasteiger partial charge in [-0.05, 0) is 20.0 Å². The Labute approximate surface area is 127 Å². The lowest BCUT2D eigenvalue weighted by Crippen LogP contribution is -2.32. The summed E-state index contributed by atoms with van der Waals surface area (Å²) >= 11 is 0. The van der Waals surface area contributed by atoms with E-state index < -0.39 is 0 Å².